The van der Waals surface area contributed by atoms with Crippen molar-refractivity contribution in [2.24, 2.45) is 0 Å². The molecule has 134 valence electrons. The Kier molecular flexibility index (Phi) is 5.44. The predicted octanol–water partition coefficient (Wildman–Crippen LogP) is 4.83. The van der Waals surface area contributed by atoms with E-state index in [1.807, 2.05) is 18.2 Å². The Morgan fingerprint density at radius 2 is 2.04 bits per heavy atom. The number of aromatic nitrogens is 2. The van der Waals surface area contributed by atoms with Gasteiger partial charge in [-0.3, -0.25) is 4.79 Å². The Bertz CT molecular complexity index is 956. The Morgan fingerprint density at radius 1 is 1.23 bits per heavy atom. The predicted molar refractivity (Wildman–Crippen MR) is 97.1 cm³/mol. The zero-order valence-corrected chi connectivity index (χ0v) is 15.5. The Balaban J connectivity index is 1.81. The number of ether oxygens (including phenoxy) is 2. The van der Waals surface area contributed by atoms with E-state index in [1.165, 1.54) is 6.92 Å². The van der Waals surface area contributed by atoms with E-state index in [0.717, 1.165) is 5.56 Å². The molecule has 6 nitrogen and oxygen atoms in total. The van der Waals surface area contributed by atoms with E-state index < -0.39 is 0 Å². The van der Waals surface area contributed by atoms with Crippen molar-refractivity contribution in [3.63, 3.8) is 0 Å². The molecule has 0 aliphatic rings. The Morgan fingerprint density at radius 3 is 2.77 bits per heavy atom. The second-order valence-corrected chi connectivity index (χ2v) is 6.11. The maximum atomic E-state index is 11.7. The molecular weight excluding hydrogens is 379 g/mol. The van der Waals surface area contributed by atoms with E-state index in [2.05, 4.69) is 10.1 Å². The van der Waals surface area contributed by atoms with E-state index >= 15 is 0 Å². The van der Waals surface area contributed by atoms with Gasteiger partial charge in [0.2, 0.25) is 5.82 Å². The summed E-state index contributed by atoms with van der Waals surface area (Å²) in [6.45, 7) is 1.36. The summed E-state index contributed by atoms with van der Waals surface area (Å²) in [4.78, 5) is 16.0. The number of nitrogens with zero attached hydrogens (tertiary/aromatic N) is 2. The first-order chi connectivity index (χ1) is 12.5. The van der Waals surface area contributed by atoms with Crippen LogP contribution >= 0.6 is 23.2 Å². The number of halogens is 2. The van der Waals surface area contributed by atoms with Gasteiger partial charge in [0.05, 0.1) is 17.7 Å². The van der Waals surface area contributed by atoms with E-state index in [9.17, 15) is 4.79 Å². The van der Waals surface area contributed by atoms with Crippen LogP contribution in [0, 0.1) is 0 Å². The molecule has 0 saturated carbocycles. The van der Waals surface area contributed by atoms with Gasteiger partial charge in [-0.15, -0.1) is 0 Å². The van der Waals surface area contributed by atoms with E-state index in [4.69, 9.17) is 37.2 Å². The Hall–Kier alpha value is -2.57. The lowest BCUT2D eigenvalue weighted by molar-refractivity contribution is 0.101. The molecule has 0 N–H and O–H groups in total. The summed E-state index contributed by atoms with van der Waals surface area (Å²) in [5.74, 6) is 1.30. The minimum atomic E-state index is -0.193. The second-order valence-electron chi connectivity index (χ2n) is 5.33. The van der Waals surface area contributed by atoms with Crippen LogP contribution < -0.4 is 9.47 Å². The molecule has 0 saturated heterocycles. The van der Waals surface area contributed by atoms with Crippen molar-refractivity contribution in [3.8, 4) is 22.9 Å². The van der Waals surface area contributed by atoms with Crippen LogP contribution in [0.1, 0.15) is 23.2 Å². The number of benzene rings is 2. The highest BCUT2D eigenvalue weighted by Gasteiger charge is 2.17. The molecule has 0 bridgehead atoms. The normalized spacial score (nSPS) is 10.6. The average molecular weight is 393 g/mol. The van der Waals surface area contributed by atoms with Gasteiger partial charge in [-0.1, -0.05) is 40.5 Å². The highest BCUT2D eigenvalue weighted by Crippen LogP contribution is 2.36. The maximum absolute atomic E-state index is 11.7. The van der Waals surface area contributed by atoms with Gasteiger partial charge < -0.3 is 14.0 Å². The first kappa shape index (κ1) is 18.2. The third kappa shape index (κ3) is 3.81. The van der Waals surface area contributed by atoms with Crippen LogP contribution in [0.3, 0.4) is 0 Å². The largest absolute Gasteiger partial charge is 0.497 e. The van der Waals surface area contributed by atoms with Gasteiger partial charge in [0.15, 0.2) is 18.1 Å². The number of ketones is 1. The second kappa shape index (κ2) is 7.76. The van der Waals surface area contributed by atoms with Crippen molar-refractivity contribution in [3.05, 3.63) is 57.9 Å². The fraction of sp³-hybridized carbons (Fsp3) is 0.167. The number of rotatable bonds is 6. The molecular formula is C18H14Cl2N2O4. The lowest BCUT2D eigenvalue weighted by Gasteiger charge is -2.10. The van der Waals surface area contributed by atoms with Crippen LogP contribution in [0.2, 0.25) is 10.0 Å². The van der Waals surface area contributed by atoms with Crippen LogP contribution in [-0.4, -0.2) is 23.0 Å². The minimum absolute atomic E-state index is 0.0582. The molecule has 1 aromatic heterocycles. The number of carbonyl (C=O) groups is 1. The minimum Gasteiger partial charge on any atom is -0.497 e. The SMILES string of the molecule is COc1cccc(-c2noc(COc3c(C(C)=O)ccc(Cl)c3Cl)n2)c1. The lowest BCUT2D eigenvalue weighted by atomic mass is 10.1. The van der Waals surface area contributed by atoms with Gasteiger partial charge in [-0.05, 0) is 31.2 Å². The summed E-state index contributed by atoms with van der Waals surface area (Å²) in [7, 11) is 1.58. The molecule has 1 heterocycles. The molecule has 0 atom stereocenters. The average Bonchev–Trinajstić information content (AvgIpc) is 3.11. The summed E-state index contributed by atoms with van der Waals surface area (Å²) in [6.07, 6.45) is 0. The molecule has 3 aromatic rings. The quantitative estimate of drug-likeness (QED) is 0.559. The van der Waals surface area contributed by atoms with Crippen molar-refractivity contribution in [2.45, 2.75) is 13.5 Å². The van der Waals surface area contributed by atoms with Crippen LogP contribution in [0.15, 0.2) is 40.9 Å². The van der Waals surface area contributed by atoms with Crippen molar-refractivity contribution >= 4 is 29.0 Å². The molecule has 0 aliphatic carbocycles. The number of carbonyl (C=O) groups excluding carboxylic acids is 1. The summed E-state index contributed by atoms with van der Waals surface area (Å²) in [5.41, 5.74) is 1.07. The fourth-order valence-corrected chi connectivity index (χ4v) is 2.65. The Labute approximate surface area is 159 Å². The number of hydrogen-bond donors (Lipinski definition) is 0. The van der Waals surface area contributed by atoms with E-state index in [1.54, 1.807) is 25.3 Å². The molecule has 26 heavy (non-hydrogen) atoms. The molecule has 3 rings (SSSR count). The summed E-state index contributed by atoms with van der Waals surface area (Å²) in [6, 6.07) is 10.4. The van der Waals surface area contributed by atoms with Crippen LogP contribution in [-0.2, 0) is 6.61 Å². The highest BCUT2D eigenvalue weighted by molar-refractivity contribution is 6.43. The molecule has 0 amide bonds. The molecule has 0 aliphatic heterocycles. The van der Waals surface area contributed by atoms with E-state index in [-0.39, 0.29) is 34.1 Å². The zero-order chi connectivity index (χ0) is 18.7. The van der Waals surface area contributed by atoms with Gasteiger partial charge >= 0.3 is 0 Å². The highest BCUT2D eigenvalue weighted by atomic mass is 35.5. The molecule has 0 radical (unpaired) electrons. The summed E-state index contributed by atoms with van der Waals surface area (Å²) < 4.78 is 16.0. The van der Waals surface area contributed by atoms with Gasteiger partial charge in [0.1, 0.15) is 10.8 Å². The van der Waals surface area contributed by atoms with Crippen LogP contribution in [0.4, 0.5) is 0 Å². The lowest BCUT2D eigenvalue weighted by Crippen LogP contribution is -2.03. The number of hydrogen-bond acceptors (Lipinski definition) is 6. The van der Waals surface area contributed by atoms with Crippen molar-refractivity contribution < 1.29 is 18.8 Å². The van der Waals surface area contributed by atoms with Crippen molar-refractivity contribution in [1.82, 2.24) is 10.1 Å². The third-order valence-corrected chi connectivity index (χ3v) is 4.35. The maximum Gasteiger partial charge on any atom is 0.264 e. The van der Waals surface area contributed by atoms with Crippen molar-refractivity contribution in [2.75, 3.05) is 7.11 Å². The summed E-state index contributed by atoms with van der Waals surface area (Å²) in [5, 5.41) is 4.37. The van der Waals surface area contributed by atoms with Gasteiger partial charge in [0, 0.05) is 5.56 Å². The molecule has 2 aromatic carbocycles. The van der Waals surface area contributed by atoms with Gasteiger partial charge in [-0.2, -0.15) is 4.98 Å². The fourth-order valence-electron chi connectivity index (χ4n) is 2.28. The topological polar surface area (TPSA) is 74.5 Å². The van der Waals surface area contributed by atoms with E-state index in [0.29, 0.717) is 17.1 Å². The van der Waals surface area contributed by atoms with Crippen molar-refractivity contribution in [1.29, 1.82) is 0 Å². The third-order valence-electron chi connectivity index (χ3n) is 3.57. The smallest absolute Gasteiger partial charge is 0.264 e. The first-order valence-electron chi connectivity index (χ1n) is 7.58. The molecule has 0 unspecified atom stereocenters. The van der Waals surface area contributed by atoms with Gasteiger partial charge in [0.25, 0.3) is 5.89 Å². The zero-order valence-electron chi connectivity index (χ0n) is 14.0. The molecule has 0 spiro atoms. The number of methoxy groups -OCH3 is 1. The van der Waals surface area contributed by atoms with Crippen LogP contribution in [0.5, 0.6) is 11.5 Å². The standard InChI is InChI=1S/C18H14Cl2N2O4/c1-10(23)13-6-7-14(19)16(20)17(13)25-9-15-21-18(22-26-15)11-4-3-5-12(8-11)24-2/h3-8H,9H2,1-2H3. The molecule has 8 heteroatoms. The van der Waals surface area contributed by atoms with Gasteiger partial charge in [-0.25, -0.2) is 0 Å². The number of Topliss-reactive ketones (excluding diaryl/α,β-unsaturated/α-hetero) is 1. The molecule has 0 fully saturated rings. The summed E-state index contributed by atoms with van der Waals surface area (Å²) >= 11 is 12.2. The first-order valence-corrected chi connectivity index (χ1v) is 8.34. The van der Waals surface area contributed by atoms with Crippen LogP contribution in [0.25, 0.3) is 11.4 Å². The monoisotopic (exact) mass is 392 g/mol.